The van der Waals surface area contributed by atoms with E-state index in [-0.39, 0.29) is 0 Å². The van der Waals surface area contributed by atoms with E-state index in [0.717, 1.165) is 32.6 Å². The van der Waals surface area contributed by atoms with Crippen molar-refractivity contribution in [3.63, 3.8) is 0 Å². The number of rotatable bonds is 4. The molecule has 3 rings (SSSR count). The molecule has 0 amide bonds. The van der Waals surface area contributed by atoms with Crippen molar-refractivity contribution in [2.45, 2.75) is 12.5 Å². The number of hydrogen-bond acceptors (Lipinski definition) is 4. The molecule has 1 fully saturated rings. The van der Waals surface area contributed by atoms with E-state index in [4.69, 9.17) is 0 Å². The molecule has 3 heterocycles. The molecule has 1 aliphatic heterocycles. The van der Waals surface area contributed by atoms with Crippen LogP contribution in [0.4, 0.5) is 0 Å². The molecule has 1 aliphatic rings. The van der Waals surface area contributed by atoms with Crippen molar-refractivity contribution >= 4 is 27.3 Å². The topological polar surface area (TPSA) is 28.2 Å². The zero-order valence-corrected chi connectivity index (χ0v) is 13.7. The Bertz CT molecular complexity index is 537. The monoisotopic (exact) mass is 351 g/mol. The summed E-state index contributed by atoms with van der Waals surface area (Å²) in [5.74, 6) is 0. The van der Waals surface area contributed by atoms with Gasteiger partial charge in [-0.15, -0.1) is 11.3 Å². The molecule has 3 nitrogen and oxygen atoms in total. The maximum absolute atomic E-state index is 4.50. The van der Waals surface area contributed by atoms with Crippen molar-refractivity contribution < 1.29 is 0 Å². The number of aromatic nitrogens is 1. The van der Waals surface area contributed by atoms with E-state index < -0.39 is 0 Å². The molecule has 0 spiro atoms. The summed E-state index contributed by atoms with van der Waals surface area (Å²) in [5.41, 5.74) is 1.17. The summed E-state index contributed by atoms with van der Waals surface area (Å²) in [6.45, 7) is 4.36. The van der Waals surface area contributed by atoms with Gasteiger partial charge in [0.15, 0.2) is 0 Å². The summed E-state index contributed by atoms with van der Waals surface area (Å²) in [6, 6.07) is 11.0. The van der Waals surface area contributed by atoms with Crippen LogP contribution in [0.25, 0.3) is 0 Å². The van der Waals surface area contributed by atoms with Gasteiger partial charge in [-0.1, -0.05) is 6.07 Å². The van der Waals surface area contributed by atoms with Gasteiger partial charge in [0.2, 0.25) is 0 Å². The fourth-order valence-electron chi connectivity index (χ4n) is 2.63. The van der Waals surface area contributed by atoms with Crippen LogP contribution in [0, 0.1) is 0 Å². The van der Waals surface area contributed by atoms with Crippen LogP contribution in [0.1, 0.15) is 16.6 Å². The Morgan fingerprint density at radius 3 is 2.75 bits per heavy atom. The molecule has 5 heteroatoms. The minimum atomic E-state index is 0.434. The van der Waals surface area contributed by atoms with E-state index in [9.17, 15) is 0 Å². The summed E-state index contributed by atoms with van der Waals surface area (Å²) >= 11 is 5.42. The van der Waals surface area contributed by atoms with Gasteiger partial charge in [0.25, 0.3) is 0 Å². The second-order valence-corrected chi connectivity index (χ2v) is 7.46. The molecule has 0 aromatic carbocycles. The summed E-state index contributed by atoms with van der Waals surface area (Å²) < 4.78 is 1.20. The van der Waals surface area contributed by atoms with Crippen molar-refractivity contribution in [3.8, 4) is 0 Å². The predicted molar refractivity (Wildman–Crippen MR) is 87.1 cm³/mol. The molecular weight excluding hydrogens is 334 g/mol. The molecule has 106 valence electrons. The van der Waals surface area contributed by atoms with Gasteiger partial charge in [-0.2, -0.15) is 0 Å². The third-order valence-electron chi connectivity index (χ3n) is 3.64. The maximum atomic E-state index is 4.50. The largest absolute Gasteiger partial charge is 0.314 e. The molecule has 0 saturated carbocycles. The molecule has 1 unspecified atom stereocenters. The Morgan fingerprint density at radius 2 is 2.10 bits per heavy atom. The lowest BCUT2D eigenvalue weighted by Crippen LogP contribution is -2.45. The second kappa shape index (κ2) is 6.80. The zero-order valence-electron chi connectivity index (χ0n) is 11.3. The van der Waals surface area contributed by atoms with Crippen molar-refractivity contribution in [1.29, 1.82) is 0 Å². The Kier molecular flexibility index (Phi) is 4.83. The minimum absolute atomic E-state index is 0.434. The number of nitrogens with zero attached hydrogens (tertiary/aromatic N) is 2. The highest BCUT2D eigenvalue weighted by atomic mass is 79.9. The van der Waals surface area contributed by atoms with Gasteiger partial charge in [0.05, 0.1) is 3.79 Å². The van der Waals surface area contributed by atoms with E-state index in [0.29, 0.717) is 6.04 Å². The van der Waals surface area contributed by atoms with Crippen LogP contribution in [0.5, 0.6) is 0 Å². The standard InChI is InChI=1S/C15H18BrN3S/c16-15-5-4-14(20-15)13(19-9-7-17-8-10-19)11-12-3-1-2-6-18-12/h1-6,13,17H,7-11H2. The van der Waals surface area contributed by atoms with Gasteiger partial charge >= 0.3 is 0 Å². The van der Waals surface area contributed by atoms with Crippen LogP contribution in [0.15, 0.2) is 40.3 Å². The maximum Gasteiger partial charge on any atom is 0.0701 e. The van der Waals surface area contributed by atoms with Crippen LogP contribution in [0.3, 0.4) is 0 Å². The summed E-state index contributed by atoms with van der Waals surface area (Å²) in [5, 5.41) is 3.43. The molecule has 2 aromatic heterocycles. The van der Waals surface area contributed by atoms with E-state index in [1.807, 2.05) is 23.6 Å². The normalized spacial score (nSPS) is 18.1. The average Bonchev–Trinajstić information content (AvgIpc) is 2.93. The first-order valence-electron chi connectivity index (χ1n) is 6.93. The Morgan fingerprint density at radius 1 is 1.25 bits per heavy atom. The molecule has 0 radical (unpaired) electrons. The van der Waals surface area contributed by atoms with Crippen LogP contribution in [-0.2, 0) is 6.42 Å². The number of halogens is 1. The van der Waals surface area contributed by atoms with Gasteiger partial charge in [-0.25, -0.2) is 0 Å². The zero-order chi connectivity index (χ0) is 13.8. The third kappa shape index (κ3) is 3.47. The van der Waals surface area contributed by atoms with E-state index in [1.54, 1.807) is 0 Å². The Balaban J connectivity index is 1.82. The molecule has 20 heavy (non-hydrogen) atoms. The number of thiophene rings is 1. The Labute approximate surface area is 132 Å². The van der Waals surface area contributed by atoms with Crippen molar-refractivity contribution in [1.82, 2.24) is 15.2 Å². The summed E-state index contributed by atoms with van der Waals surface area (Å²) in [7, 11) is 0. The molecule has 0 aliphatic carbocycles. The van der Waals surface area contributed by atoms with Crippen LogP contribution in [0.2, 0.25) is 0 Å². The lowest BCUT2D eigenvalue weighted by molar-refractivity contribution is 0.174. The lowest BCUT2D eigenvalue weighted by atomic mass is 10.1. The number of piperazine rings is 1. The van der Waals surface area contributed by atoms with Crippen LogP contribution >= 0.6 is 27.3 Å². The van der Waals surface area contributed by atoms with Gasteiger partial charge in [0, 0.05) is 55.4 Å². The lowest BCUT2D eigenvalue weighted by Gasteiger charge is -2.34. The van der Waals surface area contributed by atoms with Gasteiger partial charge in [0.1, 0.15) is 0 Å². The smallest absolute Gasteiger partial charge is 0.0701 e. The first-order chi connectivity index (χ1) is 9.83. The molecule has 1 N–H and O–H groups in total. The number of pyridine rings is 1. The predicted octanol–water partition coefficient (Wildman–Crippen LogP) is 3.09. The number of nitrogens with one attached hydrogen (secondary N) is 1. The molecule has 0 bridgehead atoms. The minimum Gasteiger partial charge on any atom is -0.314 e. The fourth-order valence-corrected chi connectivity index (χ4v) is 4.19. The first kappa shape index (κ1) is 14.2. The third-order valence-corrected chi connectivity index (χ3v) is 5.37. The van der Waals surface area contributed by atoms with Gasteiger partial charge in [-0.3, -0.25) is 9.88 Å². The second-order valence-electron chi connectivity index (χ2n) is 4.97. The molecular formula is C15H18BrN3S. The first-order valence-corrected chi connectivity index (χ1v) is 8.54. The fraction of sp³-hybridized carbons (Fsp3) is 0.400. The molecule has 2 aromatic rings. The van der Waals surface area contributed by atoms with Crippen molar-refractivity contribution in [2.75, 3.05) is 26.2 Å². The van der Waals surface area contributed by atoms with Gasteiger partial charge < -0.3 is 5.32 Å². The van der Waals surface area contributed by atoms with E-state index in [1.165, 1.54) is 14.4 Å². The highest BCUT2D eigenvalue weighted by Gasteiger charge is 2.24. The van der Waals surface area contributed by atoms with Crippen LogP contribution < -0.4 is 5.32 Å². The van der Waals surface area contributed by atoms with E-state index >= 15 is 0 Å². The van der Waals surface area contributed by atoms with E-state index in [2.05, 4.69) is 55.4 Å². The summed E-state index contributed by atoms with van der Waals surface area (Å²) in [6.07, 6.45) is 2.86. The van der Waals surface area contributed by atoms with Crippen LogP contribution in [-0.4, -0.2) is 36.1 Å². The average molecular weight is 352 g/mol. The van der Waals surface area contributed by atoms with Crippen molar-refractivity contribution in [2.24, 2.45) is 0 Å². The summed E-state index contributed by atoms with van der Waals surface area (Å²) in [4.78, 5) is 8.49. The number of hydrogen-bond donors (Lipinski definition) is 1. The SMILES string of the molecule is Brc1ccc(C(Cc2ccccn2)N2CCNCC2)s1. The molecule has 1 saturated heterocycles. The van der Waals surface area contributed by atoms with Crippen molar-refractivity contribution in [3.05, 3.63) is 50.9 Å². The Hall–Kier alpha value is -0.750. The molecule has 1 atom stereocenters. The van der Waals surface area contributed by atoms with Gasteiger partial charge in [-0.05, 0) is 40.2 Å². The highest BCUT2D eigenvalue weighted by Crippen LogP contribution is 2.32. The quantitative estimate of drug-likeness (QED) is 0.917. The highest BCUT2D eigenvalue weighted by molar-refractivity contribution is 9.11.